The number of rotatable bonds is 6. The minimum atomic E-state index is -3.73. The van der Waals surface area contributed by atoms with Crippen LogP contribution in [-0.4, -0.2) is 63.7 Å². The molecule has 0 bridgehead atoms. The Balaban J connectivity index is 2.19. The summed E-state index contributed by atoms with van der Waals surface area (Å²) in [4.78, 5) is 26.7. The van der Waals surface area contributed by atoms with Gasteiger partial charge < -0.3 is 15.0 Å². The normalized spacial score (nSPS) is 17.7. The van der Waals surface area contributed by atoms with Crippen LogP contribution in [-0.2, 0) is 19.6 Å². The van der Waals surface area contributed by atoms with Crippen LogP contribution in [0.4, 0.5) is 5.69 Å². The van der Waals surface area contributed by atoms with E-state index in [1.165, 1.54) is 33.3 Å². The number of anilines is 1. The minimum Gasteiger partial charge on any atom is -0.495 e. The van der Waals surface area contributed by atoms with E-state index in [0.717, 1.165) is 10.7 Å². The molecule has 1 aliphatic rings. The molecule has 1 aromatic carbocycles. The van der Waals surface area contributed by atoms with Crippen molar-refractivity contribution in [2.24, 2.45) is 11.8 Å². The zero-order chi connectivity index (χ0) is 21.1. The van der Waals surface area contributed by atoms with Gasteiger partial charge in [-0.05, 0) is 31.0 Å². The van der Waals surface area contributed by atoms with Crippen molar-refractivity contribution < 1.29 is 22.7 Å². The van der Waals surface area contributed by atoms with Gasteiger partial charge in [0.2, 0.25) is 21.8 Å². The van der Waals surface area contributed by atoms with Crippen LogP contribution in [0.25, 0.3) is 0 Å². The van der Waals surface area contributed by atoms with Gasteiger partial charge >= 0.3 is 0 Å². The number of benzene rings is 1. The quantitative estimate of drug-likeness (QED) is 0.770. The van der Waals surface area contributed by atoms with E-state index < -0.39 is 10.0 Å². The maximum Gasteiger partial charge on any atom is 0.246 e. The van der Waals surface area contributed by atoms with E-state index in [-0.39, 0.29) is 34.3 Å². The number of hydrogen-bond acceptors (Lipinski definition) is 5. The molecular weight excluding hydrogens is 382 g/mol. The molecule has 2 amide bonds. The van der Waals surface area contributed by atoms with E-state index in [2.05, 4.69) is 5.32 Å². The van der Waals surface area contributed by atoms with E-state index >= 15 is 0 Å². The second kappa shape index (κ2) is 8.91. The molecule has 1 N–H and O–H groups in total. The van der Waals surface area contributed by atoms with Gasteiger partial charge in [0.05, 0.1) is 13.0 Å². The number of methoxy groups -OCH3 is 1. The van der Waals surface area contributed by atoms with Crippen LogP contribution in [0.1, 0.15) is 26.7 Å². The third-order valence-corrected chi connectivity index (χ3v) is 6.62. The number of likely N-dealkylation sites (tertiary alicyclic amines) is 1. The van der Waals surface area contributed by atoms with Crippen molar-refractivity contribution in [3.63, 3.8) is 0 Å². The summed E-state index contributed by atoms with van der Waals surface area (Å²) in [5, 5.41) is 2.79. The summed E-state index contributed by atoms with van der Waals surface area (Å²) in [6.07, 6.45) is 1.45. The Morgan fingerprint density at radius 1 is 1.29 bits per heavy atom. The molecule has 0 spiro atoms. The second-order valence-electron chi connectivity index (χ2n) is 7.42. The predicted molar refractivity (Wildman–Crippen MR) is 107 cm³/mol. The molecule has 28 heavy (non-hydrogen) atoms. The molecule has 1 heterocycles. The van der Waals surface area contributed by atoms with Gasteiger partial charge in [-0.25, -0.2) is 12.7 Å². The molecule has 1 aliphatic heterocycles. The van der Waals surface area contributed by atoms with Crippen LogP contribution in [0.2, 0.25) is 0 Å². The van der Waals surface area contributed by atoms with Gasteiger partial charge in [0.15, 0.2) is 0 Å². The maximum absolute atomic E-state index is 12.7. The van der Waals surface area contributed by atoms with Crippen LogP contribution >= 0.6 is 0 Å². The molecule has 8 nitrogen and oxygen atoms in total. The predicted octanol–water partition coefficient (Wildman–Crippen LogP) is 1.78. The fraction of sp³-hybridized carbons (Fsp3) is 0.579. The summed E-state index contributed by atoms with van der Waals surface area (Å²) < 4.78 is 31.3. The van der Waals surface area contributed by atoms with Gasteiger partial charge in [-0.3, -0.25) is 9.59 Å². The Hall–Kier alpha value is -2.13. The largest absolute Gasteiger partial charge is 0.495 e. The zero-order valence-electron chi connectivity index (χ0n) is 17.1. The van der Waals surface area contributed by atoms with Crippen molar-refractivity contribution >= 4 is 27.5 Å². The number of sulfonamides is 1. The van der Waals surface area contributed by atoms with Crippen molar-refractivity contribution in [2.45, 2.75) is 31.6 Å². The molecule has 0 saturated carbocycles. The van der Waals surface area contributed by atoms with Gasteiger partial charge in [0, 0.05) is 38.8 Å². The highest BCUT2D eigenvalue weighted by atomic mass is 32.2. The fourth-order valence-electron chi connectivity index (χ4n) is 3.15. The summed E-state index contributed by atoms with van der Waals surface area (Å²) in [5.74, 6) is -0.409. The summed E-state index contributed by atoms with van der Waals surface area (Å²) in [6.45, 7) is 4.72. The lowest BCUT2D eigenvalue weighted by atomic mass is 9.96. The molecule has 0 aliphatic carbocycles. The van der Waals surface area contributed by atoms with Crippen molar-refractivity contribution in [1.82, 2.24) is 9.21 Å². The molecule has 1 saturated heterocycles. The number of nitrogens with zero attached hydrogens (tertiary/aromatic N) is 2. The highest BCUT2D eigenvalue weighted by Crippen LogP contribution is 2.29. The van der Waals surface area contributed by atoms with Crippen molar-refractivity contribution in [3.8, 4) is 5.75 Å². The van der Waals surface area contributed by atoms with Gasteiger partial charge in [0.25, 0.3) is 0 Å². The lowest BCUT2D eigenvalue weighted by Gasteiger charge is -2.33. The summed E-state index contributed by atoms with van der Waals surface area (Å²) in [6, 6.07) is 4.51. The maximum atomic E-state index is 12.7. The number of piperidine rings is 1. The second-order valence-corrected chi connectivity index (χ2v) is 9.54. The Bertz CT molecular complexity index is 836. The molecule has 1 atom stereocenters. The van der Waals surface area contributed by atoms with E-state index in [9.17, 15) is 18.0 Å². The third kappa shape index (κ3) is 4.82. The van der Waals surface area contributed by atoms with Crippen molar-refractivity contribution in [1.29, 1.82) is 0 Å². The number of nitrogens with one attached hydrogen (secondary N) is 1. The van der Waals surface area contributed by atoms with Crippen molar-refractivity contribution in [3.05, 3.63) is 18.2 Å². The Morgan fingerprint density at radius 2 is 1.96 bits per heavy atom. The number of carbonyl (C=O) groups is 2. The summed E-state index contributed by atoms with van der Waals surface area (Å²) >= 11 is 0. The molecule has 9 heteroatoms. The first-order valence-electron chi connectivity index (χ1n) is 9.28. The SMILES string of the molecule is COc1ccc(NC(=O)[C@@H]2CCCN(C(=O)C(C)C)C2)cc1S(=O)(=O)N(C)C. The molecule has 0 radical (unpaired) electrons. The van der Waals surface area contributed by atoms with Crippen molar-refractivity contribution in [2.75, 3.05) is 39.6 Å². The number of hydrogen-bond donors (Lipinski definition) is 1. The Labute approximate surface area is 166 Å². The molecule has 0 aromatic heterocycles. The molecule has 1 aromatic rings. The third-order valence-electron chi connectivity index (χ3n) is 4.79. The fourth-order valence-corrected chi connectivity index (χ4v) is 4.23. The van der Waals surface area contributed by atoms with Crippen LogP contribution in [0.15, 0.2) is 23.1 Å². The monoisotopic (exact) mass is 411 g/mol. The first-order valence-corrected chi connectivity index (χ1v) is 10.7. The van der Waals surface area contributed by atoms with E-state index in [1.807, 2.05) is 13.8 Å². The zero-order valence-corrected chi connectivity index (χ0v) is 17.9. The molecule has 156 valence electrons. The molecular formula is C19H29N3O5S. The van der Waals surface area contributed by atoms with E-state index in [1.54, 1.807) is 11.0 Å². The van der Waals surface area contributed by atoms with Crippen LogP contribution in [0, 0.1) is 11.8 Å². The lowest BCUT2D eigenvalue weighted by Crippen LogP contribution is -2.45. The number of amides is 2. The number of ether oxygens (including phenoxy) is 1. The highest BCUT2D eigenvalue weighted by Gasteiger charge is 2.30. The highest BCUT2D eigenvalue weighted by molar-refractivity contribution is 7.89. The first kappa shape index (κ1) is 22.2. The van der Waals surface area contributed by atoms with Crippen LogP contribution < -0.4 is 10.1 Å². The van der Waals surface area contributed by atoms with Gasteiger partial charge in [-0.2, -0.15) is 0 Å². The topological polar surface area (TPSA) is 96.0 Å². The molecule has 1 fully saturated rings. The smallest absolute Gasteiger partial charge is 0.246 e. The summed E-state index contributed by atoms with van der Waals surface area (Å²) in [7, 11) is 0.531. The van der Waals surface area contributed by atoms with E-state index in [4.69, 9.17) is 4.74 Å². The molecule has 0 unspecified atom stereocenters. The number of carbonyl (C=O) groups excluding carboxylic acids is 2. The average Bonchev–Trinajstić information content (AvgIpc) is 2.67. The first-order chi connectivity index (χ1) is 13.1. The lowest BCUT2D eigenvalue weighted by molar-refractivity contribution is -0.137. The van der Waals surface area contributed by atoms with Gasteiger partial charge in [-0.1, -0.05) is 13.8 Å². The standard InChI is InChI=1S/C19H29N3O5S/c1-13(2)19(24)22-10-6-7-14(12-22)18(23)20-15-8-9-16(27-5)17(11-15)28(25,26)21(3)4/h8-9,11,13-14H,6-7,10,12H2,1-5H3,(H,20,23)/t14-/m1/s1. The summed E-state index contributed by atoms with van der Waals surface area (Å²) in [5.41, 5.74) is 0.374. The van der Waals surface area contributed by atoms with Gasteiger partial charge in [-0.15, -0.1) is 0 Å². The Morgan fingerprint density at radius 3 is 2.54 bits per heavy atom. The molecule has 2 rings (SSSR count). The minimum absolute atomic E-state index is 0.0157. The van der Waals surface area contributed by atoms with E-state index in [0.29, 0.717) is 25.2 Å². The van der Waals surface area contributed by atoms with Crippen LogP contribution in [0.5, 0.6) is 5.75 Å². The average molecular weight is 412 g/mol. The van der Waals surface area contributed by atoms with Crippen LogP contribution in [0.3, 0.4) is 0 Å². The Kier molecular flexibility index (Phi) is 7.06. The van der Waals surface area contributed by atoms with Gasteiger partial charge in [0.1, 0.15) is 10.6 Å².